The van der Waals surface area contributed by atoms with Crippen LogP contribution in [0.1, 0.15) is 26.3 Å². The lowest BCUT2D eigenvalue weighted by Gasteiger charge is -2.25. The minimum absolute atomic E-state index is 0.161. The van der Waals surface area contributed by atoms with Crippen LogP contribution in [0.4, 0.5) is 4.39 Å². The van der Waals surface area contributed by atoms with Gasteiger partial charge < -0.3 is 5.32 Å². The smallest absolute Gasteiger partial charge is 0.123 e. The summed E-state index contributed by atoms with van der Waals surface area (Å²) in [5.74, 6) is 0.511. The zero-order valence-corrected chi connectivity index (χ0v) is 11.9. The number of likely N-dealkylation sites (N-methyl/N-ethyl adjacent to an activating group) is 1. The van der Waals surface area contributed by atoms with E-state index in [0.29, 0.717) is 12.0 Å². The Morgan fingerprint density at radius 1 is 1.22 bits per heavy atom. The number of nitrogens with one attached hydrogen (secondary N) is 1. The molecule has 2 nitrogen and oxygen atoms in total. The second-order valence-corrected chi connectivity index (χ2v) is 5.45. The molecular weight excluding hydrogens is 227 g/mol. The van der Waals surface area contributed by atoms with Gasteiger partial charge in [0.2, 0.25) is 0 Å². The zero-order chi connectivity index (χ0) is 13.5. The van der Waals surface area contributed by atoms with Gasteiger partial charge in [-0.15, -0.1) is 0 Å². The molecule has 0 radical (unpaired) electrons. The molecule has 3 heteroatoms. The molecule has 18 heavy (non-hydrogen) atoms. The van der Waals surface area contributed by atoms with Gasteiger partial charge in [0.1, 0.15) is 5.82 Å². The topological polar surface area (TPSA) is 15.3 Å². The third kappa shape index (κ3) is 5.61. The van der Waals surface area contributed by atoms with Crippen LogP contribution >= 0.6 is 0 Å². The van der Waals surface area contributed by atoms with Crippen molar-refractivity contribution in [2.45, 2.75) is 33.4 Å². The molecule has 1 N–H and O–H groups in total. The van der Waals surface area contributed by atoms with Crippen LogP contribution in [0.5, 0.6) is 0 Å². The van der Waals surface area contributed by atoms with Crippen molar-refractivity contribution in [3.8, 4) is 0 Å². The molecule has 0 saturated heterocycles. The molecule has 1 unspecified atom stereocenters. The van der Waals surface area contributed by atoms with Crippen molar-refractivity contribution in [3.05, 3.63) is 35.6 Å². The van der Waals surface area contributed by atoms with Gasteiger partial charge in [0.25, 0.3) is 0 Å². The fourth-order valence-corrected chi connectivity index (χ4v) is 1.82. The Bertz CT molecular complexity index is 352. The summed E-state index contributed by atoms with van der Waals surface area (Å²) < 4.78 is 13.1. The predicted molar refractivity (Wildman–Crippen MR) is 75.0 cm³/mol. The summed E-state index contributed by atoms with van der Waals surface area (Å²) in [6, 6.07) is 7.25. The first-order valence-corrected chi connectivity index (χ1v) is 6.64. The van der Waals surface area contributed by atoms with E-state index in [2.05, 4.69) is 38.0 Å². The Hall–Kier alpha value is -0.930. The summed E-state index contributed by atoms with van der Waals surface area (Å²) in [7, 11) is 2.08. The summed E-state index contributed by atoms with van der Waals surface area (Å²) in [6.45, 7) is 9.37. The van der Waals surface area contributed by atoms with Crippen molar-refractivity contribution in [1.82, 2.24) is 10.2 Å². The van der Waals surface area contributed by atoms with E-state index in [1.807, 2.05) is 6.07 Å². The van der Waals surface area contributed by atoms with E-state index >= 15 is 0 Å². The maximum Gasteiger partial charge on any atom is 0.123 e. The van der Waals surface area contributed by atoms with E-state index in [0.717, 1.165) is 25.2 Å². The van der Waals surface area contributed by atoms with Gasteiger partial charge in [0, 0.05) is 19.1 Å². The molecule has 0 saturated carbocycles. The summed E-state index contributed by atoms with van der Waals surface area (Å²) in [4.78, 5) is 2.24. The molecule has 102 valence electrons. The Morgan fingerprint density at radius 2 is 1.94 bits per heavy atom. The van der Waals surface area contributed by atoms with E-state index in [-0.39, 0.29) is 5.82 Å². The summed E-state index contributed by atoms with van der Waals surface area (Å²) in [5, 5.41) is 3.45. The van der Waals surface area contributed by atoms with Crippen LogP contribution in [-0.2, 0) is 6.54 Å². The first-order valence-electron chi connectivity index (χ1n) is 6.64. The second kappa shape index (κ2) is 7.49. The highest BCUT2D eigenvalue weighted by Gasteiger charge is 2.09. The first kappa shape index (κ1) is 15.1. The zero-order valence-electron chi connectivity index (χ0n) is 11.9. The Balaban J connectivity index is 2.37. The lowest BCUT2D eigenvalue weighted by Crippen LogP contribution is -2.38. The van der Waals surface area contributed by atoms with Gasteiger partial charge in [-0.1, -0.05) is 26.0 Å². The van der Waals surface area contributed by atoms with E-state index in [4.69, 9.17) is 0 Å². The van der Waals surface area contributed by atoms with Gasteiger partial charge in [0.15, 0.2) is 0 Å². The monoisotopic (exact) mass is 252 g/mol. The van der Waals surface area contributed by atoms with Crippen molar-refractivity contribution >= 4 is 0 Å². The van der Waals surface area contributed by atoms with Crippen LogP contribution in [0.3, 0.4) is 0 Å². The predicted octanol–water partition coefficient (Wildman–Crippen LogP) is 2.89. The fourth-order valence-electron chi connectivity index (χ4n) is 1.82. The molecule has 0 aromatic heterocycles. The fraction of sp³-hybridized carbons (Fsp3) is 0.600. The molecular formula is C15H25FN2. The average molecular weight is 252 g/mol. The molecule has 1 atom stereocenters. The first-order chi connectivity index (χ1) is 8.49. The number of hydrogen-bond acceptors (Lipinski definition) is 2. The normalized spacial score (nSPS) is 13.3. The lowest BCUT2D eigenvalue weighted by molar-refractivity contribution is 0.241. The van der Waals surface area contributed by atoms with Crippen LogP contribution in [0.25, 0.3) is 0 Å². The van der Waals surface area contributed by atoms with Crippen molar-refractivity contribution in [3.63, 3.8) is 0 Å². The van der Waals surface area contributed by atoms with Crippen molar-refractivity contribution in [1.29, 1.82) is 0 Å². The third-order valence-corrected chi connectivity index (χ3v) is 3.07. The molecule has 0 spiro atoms. The highest BCUT2D eigenvalue weighted by molar-refractivity contribution is 5.16. The summed E-state index contributed by atoms with van der Waals surface area (Å²) in [5.41, 5.74) is 1.02. The maximum atomic E-state index is 13.1. The van der Waals surface area contributed by atoms with Crippen LogP contribution in [0.15, 0.2) is 24.3 Å². The Kier molecular flexibility index (Phi) is 6.30. The van der Waals surface area contributed by atoms with E-state index in [9.17, 15) is 4.39 Å². The molecule has 0 amide bonds. The average Bonchev–Trinajstić information content (AvgIpc) is 2.28. The maximum absolute atomic E-state index is 13.1. The number of halogens is 1. The van der Waals surface area contributed by atoms with Crippen molar-refractivity contribution in [2.75, 3.05) is 20.1 Å². The summed E-state index contributed by atoms with van der Waals surface area (Å²) in [6.07, 6.45) is 0. The van der Waals surface area contributed by atoms with E-state index in [1.54, 1.807) is 12.1 Å². The molecule has 1 aromatic carbocycles. The number of hydrogen-bond donors (Lipinski definition) is 1. The molecule has 0 aliphatic carbocycles. The minimum Gasteiger partial charge on any atom is -0.315 e. The van der Waals surface area contributed by atoms with Crippen LogP contribution in [0.2, 0.25) is 0 Å². The molecule has 1 aromatic rings. The molecule has 0 bridgehead atoms. The van der Waals surface area contributed by atoms with Gasteiger partial charge in [-0.25, -0.2) is 4.39 Å². The molecule has 0 aliphatic rings. The molecule has 1 rings (SSSR count). The standard InChI is InChI=1S/C15H25FN2/c1-12(2)9-17-10-13(3)18(4)11-14-6-5-7-15(16)8-14/h5-8,12-13,17H,9-11H2,1-4H3. The van der Waals surface area contributed by atoms with Crippen molar-refractivity contribution < 1.29 is 4.39 Å². The number of nitrogens with zero attached hydrogens (tertiary/aromatic N) is 1. The lowest BCUT2D eigenvalue weighted by atomic mass is 10.2. The molecule has 0 fully saturated rings. The Labute approximate surface area is 110 Å². The highest BCUT2D eigenvalue weighted by atomic mass is 19.1. The van der Waals surface area contributed by atoms with Crippen molar-refractivity contribution in [2.24, 2.45) is 5.92 Å². The van der Waals surface area contributed by atoms with Gasteiger partial charge in [-0.05, 0) is 44.1 Å². The quantitative estimate of drug-likeness (QED) is 0.802. The van der Waals surface area contributed by atoms with Gasteiger partial charge in [0.05, 0.1) is 0 Å². The van der Waals surface area contributed by atoms with E-state index < -0.39 is 0 Å². The van der Waals surface area contributed by atoms with Gasteiger partial charge in [-0.2, -0.15) is 0 Å². The molecule has 0 heterocycles. The van der Waals surface area contributed by atoms with Crippen LogP contribution < -0.4 is 5.32 Å². The third-order valence-electron chi connectivity index (χ3n) is 3.07. The SMILES string of the molecule is CC(C)CNCC(C)N(C)Cc1cccc(F)c1. The van der Waals surface area contributed by atoms with Gasteiger partial charge in [-0.3, -0.25) is 4.90 Å². The van der Waals surface area contributed by atoms with Gasteiger partial charge >= 0.3 is 0 Å². The highest BCUT2D eigenvalue weighted by Crippen LogP contribution is 2.08. The summed E-state index contributed by atoms with van der Waals surface area (Å²) >= 11 is 0. The number of benzene rings is 1. The largest absolute Gasteiger partial charge is 0.315 e. The Morgan fingerprint density at radius 3 is 2.56 bits per heavy atom. The van der Waals surface area contributed by atoms with E-state index in [1.165, 1.54) is 6.07 Å². The van der Waals surface area contributed by atoms with Crippen LogP contribution in [-0.4, -0.2) is 31.1 Å². The van der Waals surface area contributed by atoms with Crippen LogP contribution in [0, 0.1) is 11.7 Å². The molecule has 0 aliphatic heterocycles. The number of rotatable bonds is 7. The minimum atomic E-state index is -0.161. The second-order valence-electron chi connectivity index (χ2n) is 5.45.